The first kappa shape index (κ1) is 16.5. The quantitative estimate of drug-likeness (QED) is 0.790. The number of methoxy groups -OCH3 is 1. The van der Waals surface area contributed by atoms with E-state index in [1.807, 2.05) is 19.9 Å². The Morgan fingerprint density at radius 1 is 1.40 bits per heavy atom. The van der Waals surface area contributed by atoms with Gasteiger partial charge in [0.05, 0.1) is 24.4 Å². The number of halogens is 1. The first-order chi connectivity index (χ1) is 9.47. The SMILES string of the molecule is CC[C@@H](NCC(=O)Nc1ccc(C)cc1Cl)C(=O)OC. The van der Waals surface area contributed by atoms with Crippen molar-refractivity contribution in [3.63, 3.8) is 0 Å². The van der Waals surface area contributed by atoms with Crippen molar-refractivity contribution in [3.05, 3.63) is 28.8 Å². The molecule has 1 aromatic carbocycles. The molecule has 0 radical (unpaired) electrons. The Kier molecular flexibility index (Phi) is 6.48. The van der Waals surface area contributed by atoms with Crippen LogP contribution in [0.5, 0.6) is 0 Å². The van der Waals surface area contributed by atoms with Crippen molar-refractivity contribution in [3.8, 4) is 0 Å². The molecule has 0 saturated carbocycles. The van der Waals surface area contributed by atoms with Gasteiger partial charge in [0.2, 0.25) is 5.91 Å². The third kappa shape index (κ3) is 4.83. The Bertz CT molecular complexity index is 491. The Hall–Kier alpha value is -1.59. The van der Waals surface area contributed by atoms with E-state index in [1.54, 1.807) is 12.1 Å². The Labute approximate surface area is 123 Å². The fraction of sp³-hybridized carbons (Fsp3) is 0.429. The van der Waals surface area contributed by atoms with Gasteiger partial charge in [-0.3, -0.25) is 14.9 Å². The molecule has 0 heterocycles. The molecule has 1 atom stereocenters. The molecule has 1 amide bonds. The number of hydrogen-bond acceptors (Lipinski definition) is 4. The minimum atomic E-state index is -0.487. The highest BCUT2D eigenvalue weighted by Gasteiger charge is 2.17. The van der Waals surface area contributed by atoms with Crippen LogP contribution in [0.3, 0.4) is 0 Å². The van der Waals surface area contributed by atoms with E-state index in [0.717, 1.165) is 5.56 Å². The maximum atomic E-state index is 11.8. The number of rotatable bonds is 6. The van der Waals surface area contributed by atoms with Crippen molar-refractivity contribution in [1.29, 1.82) is 0 Å². The molecule has 0 aliphatic rings. The zero-order chi connectivity index (χ0) is 15.1. The Morgan fingerprint density at radius 2 is 2.10 bits per heavy atom. The second-order valence-electron chi connectivity index (χ2n) is 4.40. The minimum absolute atomic E-state index is 0.0117. The van der Waals surface area contributed by atoms with Crippen LogP contribution in [-0.4, -0.2) is 31.6 Å². The monoisotopic (exact) mass is 298 g/mol. The van der Waals surface area contributed by atoms with Crippen LogP contribution in [0.1, 0.15) is 18.9 Å². The Balaban J connectivity index is 2.53. The number of esters is 1. The standard InChI is InChI=1S/C14H19ClN2O3/c1-4-11(14(19)20-3)16-8-13(18)17-12-6-5-9(2)7-10(12)15/h5-7,11,16H,4,8H2,1-3H3,(H,17,18)/t11-/m1/s1. The molecule has 2 N–H and O–H groups in total. The summed E-state index contributed by atoms with van der Waals surface area (Å²) >= 11 is 6.03. The number of carbonyl (C=O) groups is 2. The highest BCUT2D eigenvalue weighted by atomic mass is 35.5. The predicted molar refractivity (Wildman–Crippen MR) is 78.9 cm³/mol. The highest BCUT2D eigenvalue weighted by molar-refractivity contribution is 6.33. The van der Waals surface area contributed by atoms with Crippen LogP contribution in [0.25, 0.3) is 0 Å². The summed E-state index contributed by atoms with van der Waals surface area (Å²) in [7, 11) is 1.32. The van der Waals surface area contributed by atoms with Gasteiger partial charge >= 0.3 is 5.97 Å². The number of amides is 1. The van der Waals surface area contributed by atoms with Gasteiger partial charge in [-0.15, -0.1) is 0 Å². The third-order valence-electron chi connectivity index (χ3n) is 2.80. The van der Waals surface area contributed by atoms with Crippen LogP contribution >= 0.6 is 11.6 Å². The lowest BCUT2D eigenvalue weighted by Crippen LogP contribution is -2.41. The van der Waals surface area contributed by atoms with E-state index >= 15 is 0 Å². The van der Waals surface area contributed by atoms with Crippen LogP contribution in [0.2, 0.25) is 5.02 Å². The topological polar surface area (TPSA) is 67.4 Å². The summed E-state index contributed by atoms with van der Waals surface area (Å²) in [4.78, 5) is 23.2. The molecule has 6 heteroatoms. The zero-order valence-electron chi connectivity index (χ0n) is 11.8. The van der Waals surface area contributed by atoms with E-state index in [1.165, 1.54) is 7.11 Å². The lowest BCUT2D eigenvalue weighted by molar-refractivity contribution is -0.143. The molecule has 0 bridgehead atoms. The maximum absolute atomic E-state index is 11.8. The van der Waals surface area contributed by atoms with Crippen molar-refractivity contribution in [2.24, 2.45) is 0 Å². The maximum Gasteiger partial charge on any atom is 0.322 e. The molecule has 5 nitrogen and oxygen atoms in total. The number of hydrogen-bond donors (Lipinski definition) is 2. The zero-order valence-corrected chi connectivity index (χ0v) is 12.6. The van der Waals surface area contributed by atoms with Gasteiger partial charge < -0.3 is 10.1 Å². The van der Waals surface area contributed by atoms with Crippen molar-refractivity contribution in [1.82, 2.24) is 5.32 Å². The van der Waals surface area contributed by atoms with Gasteiger partial charge in [-0.2, -0.15) is 0 Å². The van der Waals surface area contributed by atoms with Gasteiger partial charge in [-0.05, 0) is 31.0 Å². The van der Waals surface area contributed by atoms with Gasteiger partial charge in [0.1, 0.15) is 6.04 Å². The largest absolute Gasteiger partial charge is 0.468 e. The molecule has 0 fully saturated rings. The van der Waals surface area contributed by atoms with Crippen molar-refractivity contribution in [2.75, 3.05) is 19.0 Å². The van der Waals surface area contributed by atoms with E-state index in [9.17, 15) is 9.59 Å². The minimum Gasteiger partial charge on any atom is -0.468 e. The molecule has 20 heavy (non-hydrogen) atoms. The number of nitrogens with one attached hydrogen (secondary N) is 2. The van der Waals surface area contributed by atoms with Gasteiger partial charge in [0.15, 0.2) is 0 Å². The fourth-order valence-electron chi connectivity index (χ4n) is 1.67. The third-order valence-corrected chi connectivity index (χ3v) is 3.11. The highest BCUT2D eigenvalue weighted by Crippen LogP contribution is 2.22. The first-order valence-electron chi connectivity index (χ1n) is 6.35. The summed E-state index contributed by atoms with van der Waals surface area (Å²) in [6, 6.07) is 4.89. The number of ether oxygens (including phenoxy) is 1. The summed E-state index contributed by atoms with van der Waals surface area (Å²) < 4.78 is 4.63. The number of anilines is 1. The van der Waals surface area contributed by atoms with E-state index in [-0.39, 0.29) is 18.4 Å². The van der Waals surface area contributed by atoms with Crippen molar-refractivity contribution < 1.29 is 14.3 Å². The van der Waals surface area contributed by atoms with E-state index in [4.69, 9.17) is 11.6 Å². The summed E-state index contributed by atoms with van der Waals surface area (Å²) in [6.07, 6.45) is 0.547. The van der Waals surface area contributed by atoms with E-state index in [0.29, 0.717) is 17.1 Å². The van der Waals surface area contributed by atoms with Gasteiger partial charge in [-0.1, -0.05) is 24.6 Å². The molecule has 0 unspecified atom stereocenters. The van der Waals surface area contributed by atoms with E-state index in [2.05, 4.69) is 15.4 Å². The summed E-state index contributed by atoms with van der Waals surface area (Å²) in [5.74, 6) is -0.647. The molecule has 0 aliphatic carbocycles. The predicted octanol–water partition coefficient (Wildman–Crippen LogP) is 2.13. The molecule has 0 aliphatic heterocycles. The average molecular weight is 299 g/mol. The molecule has 0 spiro atoms. The first-order valence-corrected chi connectivity index (χ1v) is 6.73. The smallest absolute Gasteiger partial charge is 0.322 e. The lowest BCUT2D eigenvalue weighted by atomic mass is 10.2. The fourth-order valence-corrected chi connectivity index (χ4v) is 1.95. The number of aryl methyl sites for hydroxylation is 1. The summed E-state index contributed by atoms with van der Waals surface area (Å²) in [5, 5.41) is 6.01. The molecule has 0 aromatic heterocycles. The lowest BCUT2D eigenvalue weighted by Gasteiger charge is -2.14. The Morgan fingerprint density at radius 3 is 2.65 bits per heavy atom. The normalized spacial score (nSPS) is 11.8. The summed E-state index contributed by atoms with van der Waals surface area (Å²) in [6.45, 7) is 3.77. The van der Waals surface area contributed by atoms with Gasteiger partial charge in [0, 0.05) is 0 Å². The second kappa shape index (κ2) is 7.87. The molecule has 110 valence electrons. The van der Waals surface area contributed by atoms with Crippen LogP contribution in [-0.2, 0) is 14.3 Å². The van der Waals surface area contributed by atoms with Crippen LogP contribution in [0.4, 0.5) is 5.69 Å². The molecular weight excluding hydrogens is 280 g/mol. The van der Waals surface area contributed by atoms with Crippen LogP contribution < -0.4 is 10.6 Å². The van der Waals surface area contributed by atoms with Crippen LogP contribution in [0, 0.1) is 6.92 Å². The van der Waals surface area contributed by atoms with Gasteiger partial charge in [-0.25, -0.2) is 0 Å². The molecule has 1 rings (SSSR count). The van der Waals surface area contributed by atoms with Crippen molar-refractivity contribution in [2.45, 2.75) is 26.3 Å². The molecular formula is C14H19ClN2O3. The van der Waals surface area contributed by atoms with Crippen molar-refractivity contribution >= 4 is 29.2 Å². The summed E-state index contributed by atoms with van der Waals surface area (Å²) in [5.41, 5.74) is 1.57. The average Bonchev–Trinajstić information content (AvgIpc) is 2.42. The number of carbonyl (C=O) groups excluding carboxylic acids is 2. The molecule has 1 aromatic rings. The van der Waals surface area contributed by atoms with E-state index < -0.39 is 6.04 Å². The van der Waals surface area contributed by atoms with Gasteiger partial charge in [0.25, 0.3) is 0 Å². The molecule has 0 saturated heterocycles. The van der Waals surface area contributed by atoms with Crippen LogP contribution in [0.15, 0.2) is 18.2 Å². The second-order valence-corrected chi connectivity index (χ2v) is 4.80. The number of benzene rings is 1.